The van der Waals surface area contributed by atoms with E-state index >= 15 is 0 Å². The Kier molecular flexibility index (Phi) is 5.11. The highest BCUT2D eigenvalue weighted by Gasteiger charge is 2.06. The molecule has 0 aliphatic heterocycles. The third-order valence-electron chi connectivity index (χ3n) is 2.67. The predicted molar refractivity (Wildman–Crippen MR) is 81.0 cm³/mol. The van der Waals surface area contributed by atoms with Crippen molar-refractivity contribution in [3.8, 4) is 11.5 Å². The van der Waals surface area contributed by atoms with Crippen molar-refractivity contribution in [1.82, 2.24) is 0 Å². The summed E-state index contributed by atoms with van der Waals surface area (Å²) in [5.74, 6) is 1.88. The number of hydrogen-bond acceptors (Lipinski definition) is 2. The van der Waals surface area contributed by atoms with Crippen molar-refractivity contribution in [3.05, 3.63) is 58.1 Å². The van der Waals surface area contributed by atoms with E-state index in [4.69, 9.17) is 21.1 Å². The minimum absolute atomic E-state index is 0.456. The summed E-state index contributed by atoms with van der Waals surface area (Å²) in [5, 5.41) is 0. The average molecular weight is 342 g/mol. The van der Waals surface area contributed by atoms with Gasteiger partial charge in [-0.2, -0.15) is 0 Å². The van der Waals surface area contributed by atoms with Crippen LogP contribution in [0, 0.1) is 0 Å². The van der Waals surface area contributed by atoms with Gasteiger partial charge in [-0.1, -0.05) is 34.1 Å². The topological polar surface area (TPSA) is 18.5 Å². The molecule has 2 aromatic rings. The second-order valence-corrected chi connectivity index (χ2v) is 5.22. The van der Waals surface area contributed by atoms with Gasteiger partial charge in [-0.3, -0.25) is 0 Å². The summed E-state index contributed by atoms with van der Waals surface area (Å²) in [7, 11) is 1.63. The van der Waals surface area contributed by atoms with Crippen molar-refractivity contribution >= 4 is 27.5 Å². The minimum atomic E-state index is 0.456. The van der Waals surface area contributed by atoms with Crippen molar-refractivity contribution in [2.75, 3.05) is 7.11 Å². The minimum Gasteiger partial charge on any atom is -0.493 e. The van der Waals surface area contributed by atoms with Crippen molar-refractivity contribution in [3.63, 3.8) is 0 Å². The van der Waals surface area contributed by atoms with E-state index in [1.165, 1.54) is 0 Å². The van der Waals surface area contributed by atoms with Crippen LogP contribution in [-0.4, -0.2) is 7.11 Å². The number of ether oxygens (including phenoxy) is 2. The molecule has 0 saturated heterocycles. The molecule has 0 aromatic heterocycles. The Morgan fingerprint density at radius 3 is 2.58 bits per heavy atom. The van der Waals surface area contributed by atoms with Crippen LogP contribution in [0.25, 0.3) is 0 Å². The molecule has 0 atom stereocenters. The molecule has 0 saturated carbocycles. The molecule has 2 aromatic carbocycles. The highest BCUT2D eigenvalue weighted by molar-refractivity contribution is 9.10. The van der Waals surface area contributed by atoms with Gasteiger partial charge in [0.15, 0.2) is 11.5 Å². The molecule has 0 radical (unpaired) electrons. The second-order valence-electron chi connectivity index (χ2n) is 4.04. The SMILES string of the molecule is COc1ccc(CCl)cc1OCc1cccc(Br)c1. The fourth-order valence-corrected chi connectivity index (χ4v) is 2.32. The van der Waals surface area contributed by atoms with Gasteiger partial charge >= 0.3 is 0 Å². The van der Waals surface area contributed by atoms with Crippen LogP contribution in [-0.2, 0) is 12.5 Å². The van der Waals surface area contributed by atoms with E-state index in [9.17, 15) is 0 Å². The molecular formula is C15H14BrClO2. The molecule has 0 spiro atoms. The molecular weight excluding hydrogens is 328 g/mol. The number of methoxy groups -OCH3 is 1. The van der Waals surface area contributed by atoms with Crippen LogP contribution in [0.5, 0.6) is 11.5 Å². The van der Waals surface area contributed by atoms with Gasteiger partial charge in [0.1, 0.15) is 6.61 Å². The predicted octanol–water partition coefficient (Wildman–Crippen LogP) is 4.78. The molecule has 2 nitrogen and oxygen atoms in total. The van der Waals surface area contributed by atoms with E-state index < -0.39 is 0 Å². The van der Waals surface area contributed by atoms with Gasteiger partial charge in [0.05, 0.1) is 7.11 Å². The van der Waals surface area contributed by atoms with Gasteiger partial charge in [0.2, 0.25) is 0 Å². The van der Waals surface area contributed by atoms with E-state index in [0.717, 1.165) is 15.6 Å². The van der Waals surface area contributed by atoms with Crippen molar-refractivity contribution in [1.29, 1.82) is 0 Å². The summed E-state index contributed by atoms with van der Waals surface area (Å²) in [6.45, 7) is 0.488. The maximum Gasteiger partial charge on any atom is 0.161 e. The summed E-state index contributed by atoms with van der Waals surface area (Å²) >= 11 is 9.27. The molecule has 2 rings (SSSR count). The molecule has 100 valence electrons. The van der Waals surface area contributed by atoms with E-state index in [0.29, 0.717) is 24.0 Å². The summed E-state index contributed by atoms with van der Waals surface area (Å²) < 4.78 is 12.1. The van der Waals surface area contributed by atoms with Crippen LogP contribution in [0.3, 0.4) is 0 Å². The van der Waals surface area contributed by atoms with Crippen LogP contribution in [0.2, 0.25) is 0 Å². The Morgan fingerprint density at radius 1 is 1.05 bits per heavy atom. The number of rotatable bonds is 5. The molecule has 0 fully saturated rings. The van der Waals surface area contributed by atoms with Gasteiger partial charge in [-0.05, 0) is 35.4 Å². The molecule has 0 aliphatic rings. The Morgan fingerprint density at radius 2 is 1.89 bits per heavy atom. The zero-order chi connectivity index (χ0) is 13.7. The Bertz CT molecular complexity index is 558. The van der Waals surface area contributed by atoms with E-state index in [1.54, 1.807) is 7.11 Å². The summed E-state index contributed by atoms with van der Waals surface area (Å²) in [6, 6.07) is 13.7. The monoisotopic (exact) mass is 340 g/mol. The fraction of sp³-hybridized carbons (Fsp3) is 0.200. The lowest BCUT2D eigenvalue weighted by molar-refractivity contribution is 0.284. The van der Waals surface area contributed by atoms with Crippen molar-refractivity contribution in [2.45, 2.75) is 12.5 Å². The van der Waals surface area contributed by atoms with Crippen LogP contribution in [0.1, 0.15) is 11.1 Å². The molecule has 0 aliphatic carbocycles. The first kappa shape index (κ1) is 14.2. The third-order valence-corrected chi connectivity index (χ3v) is 3.47. The second kappa shape index (κ2) is 6.83. The average Bonchev–Trinajstić information content (AvgIpc) is 2.45. The van der Waals surface area contributed by atoms with Crippen LogP contribution < -0.4 is 9.47 Å². The summed E-state index contributed by atoms with van der Waals surface area (Å²) in [4.78, 5) is 0. The number of halogens is 2. The Labute approximate surface area is 126 Å². The van der Waals surface area contributed by atoms with E-state index in [2.05, 4.69) is 15.9 Å². The number of benzene rings is 2. The first-order valence-electron chi connectivity index (χ1n) is 5.83. The molecule has 4 heteroatoms. The first-order chi connectivity index (χ1) is 9.22. The van der Waals surface area contributed by atoms with E-state index in [1.807, 2.05) is 42.5 Å². The lowest BCUT2D eigenvalue weighted by atomic mass is 10.2. The molecule has 0 bridgehead atoms. The van der Waals surface area contributed by atoms with Gasteiger partial charge in [-0.15, -0.1) is 11.6 Å². The highest BCUT2D eigenvalue weighted by Crippen LogP contribution is 2.29. The lowest BCUT2D eigenvalue weighted by Crippen LogP contribution is -1.98. The van der Waals surface area contributed by atoms with E-state index in [-0.39, 0.29) is 0 Å². The molecule has 0 unspecified atom stereocenters. The first-order valence-corrected chi connectivity index (χ1v) is 7.16. The smallest absolute Gasteiger partial charge is 0.161 e. The summed E-state index contributed by atoms with van der Waals surface area (Å²) in [6.07, 6.45) is 0. The van der Waals surface area contributed by atoms with Crippen molar-refractivity contribution < 1.29 is 9.47 Å². The lowest BCUT2D eigenvalue weighted by Gasteiger charge is -2.12. The van der Waals surface area contributed by atoms with Gasteiger partial charge in [-0.25, -0.2) is 0 Å². The number of hydrogen-bond donors (Lipinski definition) is 0. The van der Waals surface area contributed by atoms with Crippen LogP contribution >= 0.6 is 27.5 Å². The largest absolute Gasteiger partial charge is 0.493 e. The summed E-state index contributed by atoms with van der Waals surface area (Å²) in [5.41, 5.74) is 2.10. The van der Waals surface area contributed by atoms with Crippen LogP contribution in [0.4, 0.5) is 0 Å². The van der Waals surface area contributed by atoms with Gasteiger partial charge in [0, 0.05) is 10.4 Å². The zero-order valence-corrected chi connectivity index (χ0v) is 12.9. The fourth-order valence-electron chi connectivity index (χ4n) is 1.70. The van der Waals surface area contributed by atoms with Crippen LogP contribution in [0.15, 0.2) is 46.9 Å². The maximum absolute atomic E-state index is 5.83. The third kappa shape index (κ3) is 3.88. The standard InChI is InChI=1S/C15H14BrClO2/c1-18-14-6-5-11(9-17)8-15(14)19-10-12-3-2-4-13(16)7-12/h2-8H,9-10H2,1H3. The molecule has 0 N–H and O–H groups in total. The zero-order valence-electron chi connectivity index (χ0n) is 10.5. The Balaban J connectivity index is 2.14. The van der Waals surface area contributed by atoms with Gasteiger partial charge < -0.3 is 9.47 Å². The normalized spacial score (nSPS) is 10.3. The quantitative estimate of drug-likeness (QED) is 0.729. The van der Waals surface area contributed by atoms with Gasteiger partial charge in [0.25, 0.3) is 0 Å². The maximum atomic E-state index is 5.83. The molecule has 19 heavy (non-hydrogen) atoms. The number of alkyl halides is 1. The molecule has 0 amide bonds. The Hall–Kier alpha value is -1.19. The molecule has 0 heterocycles. The highest BCUT2D eigenvalue weighted by atomic mass is 79.9. The van der Waals surface area contributed by atoms with Crippen molar-refractivity contribution in [2.24, 2.45) is 0 Å².